The first kappa shape index (κ1) is 16.5. The van der Waals surface area contributed by atoms with E-state index in [0.717, 1.165) is 10.0 Å². The van der Waals surface area contributed by atoms with Crippen LogP contribution in [0.2, 0.25) is 0 Å². The van der Waals surface area contributed by atoms with Crippen LogP contribution in [0.4, 0.5) is 0 Å². The van der Waals surface area contributed by atoms with Crippen LogP contribution in [-0.2, 0) is 0 Å². The number of halogens is 1. The Balaban J connectivity index is 2.04. The van der Waals surface area contributed by atoms with Crippen LogP contribution in [0.5, 0.6) is 5.88 Å². The predicted octanol–water partition coefficient (Wildman–Crippen LogP) is 4.12. The number of pyridine rings is 1. The van der Waals surface area contributed by atoms with Crippen molar-refractivity contribution in [3.8, 4) is 5.88 Å². The van der Waals surface area contributed by atoms with Crippen molar-refractivity contribution in [3.05, 3.63) is 58.2 Å². The van der Waals surface area contributed by atoms with Crippen LogP contribution in [0, 0.1) is 0 Å². The highest BCUT2D eigenvalue weighted by atomic mass is 79.9. The van der Waals surface area contributed by atoms with E-state index in [0.29, 0.717) is 11.4 Å². The molecule has 2 rings (SSSR count). The van der Waals surface area contributed by atoms with Gasteiger partial charge in [0.1, 0.15) is 0 Å². The van der Waals surface area contributed by atoms with E-state index >= 15 is 0 Å². The van der Waals surface area contributed by atoms with E-state index < -0.39 is 0 Å². The zero-order valence-electron chi connectivity index (χ0n) is 12.8. The zero-order valence-corrected chi connectivity index (χ0v) is 14.4. The molecule has 1 amide bonds. The van der Waals surface area contributed by atoms with E-state index in [2.05, 4.69) is 26.2 Å². The van der Waals surface area contributed by atoms with Crippen molar-refractivity contribution in [3.63, 3.8) is 0 Å². The number of benzene rings is 1. The number of ether oxygens (including phenoxy) is 1. The molecule has 0 aliphatic rings. The van der Waals surface area contributed by atoms with Crippen molar-refractivity contribution in [1.29, 1.82) is 0 Å². The Morgan fingerprint density at radius 1 is 1.18 bits per heavy atom. The second-order valence-corrected chi connectivity index (χ2v) is 6.12. The van der Waals surface area contributed by atoms with Crippen molar-refractivity contribution in [2.24, 2.45) is 0 Å². The van der Waals surface area contributed by atoms with E-state index in [1.807, 2.05) is 45.0 Å². The Kier molecular flexibility index (Phi) is 5.55. The maximum absolute atomic E-state index is 12.3. The number of hydrogen-bond acceptors (Lipinski definition) is 3. The highest BCUT2D eigenvalue weighted by Crippen LogP contribution is 2.23. The summed E-state index contributed by atoms with van der Waals surface area (Å²) in [7, 11) is 0. The average molecular weight is 363 g/mol. The number of aromatic nitrogens is 1. The van der Waals surface area contributed by atoms with E-state index in [-0.39, 0.29) is 18.1 Å². The van der Waals surface area contributed by atoms with Gasteiger partial charge in [0, 0.05) is 16.7 Å². The molecule has 1 aromatic heterocycles. The van der Waals surface area contributed by atoms with Crippen LogP contribution in [-0.4, -0.2) is 17.0 Å². The molecule has 1 atom stereocenters. The topological polar surface area (TPSA) is 51.2 Å². The molecule has 0 spiro atoms. The van der Waals surface area contributed by atoms with Gasteiger partial charge in [0.2, 0.25) is 5.88 Å². The van der Waals surface area contributed by atoms with E-state index in [4.69, 9.17) is 4.74 Å². The lowest BCUT2D eigenvalue weighted by Gasteiger charge is -2.16. The summed E-state index contributed by atoms with van der Waals surface area (Å²) >= 11 is 3.50. The smallest absolute Gasteiger partial charge is 0.253 e. The highest BCUT2D eigenvalue weighted by molar-refractivity contribution is 9.10. The van der Waals surface area contributed by atoms with Gasteiger partial charge in [-0.25, -0.2) is 4.98 Å². The van der Waals surface area contributed by atoms with Crippen LogP contribution in [0.3, 0.4) is 0 Å². The quantitative estimate of drug-likeness (QED) is 0.869. The molecule has 0 aliphatic carbocycles. The number of carbonyl (C=O) groups is 1. The fraction of sp³-hybridized carbons (Fsp3) is 0.294. The first-order valence-electron chi connectivity index (χ1n) is 7.15. The lowest BCUT2D eigenvalue weighted by molar-refractivity contribution is 0.0939. The Bertz CT molecular complexity index is 641. The number of carbonyl (C=O) groups excluding carboxylic acids is 1. The van der Waals surface area contributed by atoms with Crippen molar-refractivity contribution in [1.82, 2.24) is 10.3 Å². The number of amides is 1. The fourth-order valence-electron chi connectivity index (χ4n) is 2.01. The van der Waals surface area contributed by atoms with Gasteiger partial charge in [0.05, 0.1) is 17.7 Å². The summed E-state index contributed by atoms with van der Waals surface area (Å²) in [6.45, 7) is 5.81. The third kappa shape index (κ3) is 4.31. The molecular formula is C17H19BrN2O2. The normalized spacial score (nSPS) is 12.0. The molecule has 0 bridgehead atoms. The molecular weight excluding hydrogens is 344 g/mol. The molecule has 0 saturated carbocycles. The van der Waals surface area contributed by atoms with E-state index in [1.54, 1.807) is 12.1 Å². The van der Waals surface area contributed by atoms with Gasteiger partial charge in [-0.3, -0.25) is 4.79 Å². The number of nitrogens with one attached hydrogen (secondary N) is 1. The lowest BCUT2D eigenvalue weighted by Crippen LogP contribution is -2.27. The van der Waals surface area contributed by atoms with Gasteiger partial charge in [-0.1, -0.05) is 34.1 Å². The highest BCUT2D eigenvalue weighted by Gasteiger charge is 2.14. The minimum Gasteiger partial charge on any atom is -0.475 e. The summed E-state index contributed by atoms with van der Waals surface area (Å²) in [5.41, 5.74) is 1.54. The summed E-state index contributed by atoms with van der Waals surface area (Å²) in [6.07, 6.45) is 1.59. The monoisotopic (exact) mass is 362 g/mol. The second-order valence-electron chi connectivity index (χ2n) is 5.27. The lowest BCUT2D eigenvalue weighted by atomic mass is 10.1. The molecule has 5 heteroatoms. The van der Waals surface area contributed by atoms with Crippen molar-refractivity contribution >= 4 is 21.8 Å². The standard InChI is InChI=1S/C17H19BrN2O2/c1-11(2)22-16-9-8-13(10-19-16)17(21)20-12(3)14-6-4-5-7-15(14)18/h4-12H,1-3H3,(H,20,21). The third-order valence-electron chi connectivity index (χ3n) is 3.07. The molecule has 0 saturated heterocycles. The molecule has 0 radical (unpaired) electrons. The van der Waals surface area contributed by atoms with Crippen LogP contribution < -0.4 is 10.1 Å². The molecule has 1 heterocycles. The number of rotatable bonds is 5. The summed E-state index contributed by atoms with van der Waals surface area (Å²) in [4.78, 5) is 16.4. The van der Waals surface area contributed by atoms with Gasteiger partial charge in [-0.2, -0.15) is 0 Å². The first-order chi connectivity index (χ1) is 10.5. The summed E-state index contributed by atoms with van der Waals surface area (Å²) < 4.78 is 6.44. The molecule has 2 aromatic rings. The Hall–Kier alpha value is -1.88. The van der Waals surface area contributed by atoms with Crippen molar-refractivity contribution in [2.75, 3.05) is 0 Å². The van der Waals surface area contributed by atoms with Crippen molar-refractivity contribution < 1.29 is 9.53 Å². The first-order valence-corrected chi connectivity index (χ1v) is 7.94. The third-order valence-corrected chi connectivity index (χ3v) is 3.80. The maximum Gasteiger partial charge on any atom is 0.253 e. The SMILES string of the molecule is CC(C)Oc1ccc(C(=O)NC(C)c2ccccc2Br)cn1. The van der Waals surface area contributed by atoms with Gasteiger partial charge in [0.25, 0.3) is 5.91 Å². The molecule has 22 heavy (non-hydrogen) atoms. The molecule has 1 unspecified atom stereocenters. The molecule has 1 aromatic carbocycles. The largest absolute Gasteiger partial charge is 0.475 e. The molecule has 0 fully saturated rings. The molecule has 1 N–H and O–H groups in total. The van der Waals surface area contributed by atoms with Gasteiger partial charge >= 0.3 is 0 Å². The minimum atomic E-state index is -0.160. The fourth-order valence-corrected chi connectivity index (χ4v) is 2.64. The molecule has 4 nitrogen and oxygen atoms in total. The maximum atomic E-state index is 12.3. The van der Waals surface area contributed by atoms with Crippen LogP contribution >= 0.6 is 15.9 Å². The van der Waals surface area contributed by atoms with Gasteiger partial charge < -0.3 is 10.1 Å². The van der Waals surface area contributed by atoms with Gasteiger partial charge in [-0.05, 0) is 38.5 Å². The Labute approximate surface area is 139 Å². The van der Waals surface area contributed by atoms with Crippen LogP contribution in [0.15, 0.2) is 47.1 Å². The second kappa shape index (κ2) is 7.40. The number of nitrogens with zero attached hydrogens (tertiary/aromatic N) is 1. The van der Waals surface area contributed by atoms with Crippen molar-refractivity contribution in [2.45, 2.75) is 32.9 Å². The minimum absolute atomic E-state index is 0.0580. The van der Waals surface area contributed by atoms with E-state index in [1.165, 1.54) is 6.20 Å². The summed E-state index contributed by atoms with van der Waals surface area (Å²) in [5, 5.41) is 2.96. The number of hydrogen-bond donors (Lipinski definition) is 1. The predicted molar refractivity (Wildman–Crippen MR) is 90.0 cm³/mol. The van der Waals surface area contributed by atoms with E-state index in [9.17, 15) is 4.79 Å². The molecule has 0 aliphatic heterocycles. The average Bonchev–Trinajstić information content (AvgIpc) is 2.47. The Morgan fingerprint density at radius 3 is 2.50 bits per heavy atom. The van der Waals surface area contributed by atoms with Crippen LogP contribution in [0.25, 0.3) is 0 Å². The van der Waals surface area contributed by atoms with Crippen LogP contribution in [0.1, 0.15) is 42.7 Å². The van der Waals surface area contributed by atoms with Gasteiger partial charge in [0.15, 0.2) is 0 Å². The van der Waals surface area contributed by atoms with Gasteiger partial charge in [-0.15, -0.1) is 0 Å². The molecule has 116 valence electrons. The summed E-state index contributed by atoms with van der Waals surface area (Å²) in [5.74, 6) is 0.359. The Morgan fingerprint density at radius 2 is 1.91 bits per heavy atom. The summed E-state index contributed by atoms with van der Waals surface area (Å²) in [6, 6.07) is 11.1. The zero-order chi connectivity index (χ0) is 16.1.